The lowest BCUT2D eigenvalue weighted by Crippen LogP contribution is -2.24. The van der Waals surface area contributed by atoms with Crippen molar-refractivity contribution in [1.29, 1.82) is 5.26 Å². The summed E-state index contributed by atoms with van der Waals surface area (Å²) in [6.07, 6.45) is 1.67. The first-order valence-corrected chi connectivity index (χ1v) is 6.34. The molecule has 0 bridgehead atoms. The first kappa shape index (κ1) is 13.8. The summed E-state index contributed by atoms with van der Waals surface area (Å²) in [6, 6.07) is 8.48. The zero-order chi connectivity index (χ0) is 14.7. The summed E-state index contributed by atoms with van der Waals surface area (Å²) in [5.74, 6) is -0.116. The molecule has 0 saturated heterocycles. The van der Waals surface area contributed by atoms with Crippen LogP contribution < -0.4 is 5.32 Å². The molecule has 1 aromatic carbocycles. The van der Waals surface area contributed by atoms with Crippen molar-refractivity contribution in [1.82, 2.24) is 9.55 Å². The SMILES string of the molecule is Cc1ncn(C(C)C(=O)Nc2ccc(C#N)cc2)c1C. The molecule has 0 aliphatic rings. The summed E-state index contributed by atoms with van der Waals surface area (Å²) in [6.45, 7) is 5.68. The number of nitriles is 1. The molecule has 0 aliphatic heterocycles. The van der Waals surface area contributed by atoms with Crippen LogP contribution in [0.5, 0.6) is 0 Å². The van der Waals surface area contributed by atoms with Crippen LogP contribution in [-0.4, -0.2) is 15.5 Å². The van der Waals surface area contributed by atoms with E-state index >= 15 is 0 Å². The van der Waals surface area contributed by atoms with E-state index in [9.17, 15) is 4.79 Å². The van der Waals surface area contributed by atoms with Crippen molar-refractivity contribution in [3.05, 3.63) is 47.5 Å². The first-order chi connectivity index (χ1) is 9.52. The molecular formula is C15H16N4O. The van der Waals surface area contributed by atoms with E-state index in [1.807, 2.05) is 31.4 Å². The summed E-state index contributed by atoms with van der Waals surface area (Å²) >= 11 is 0. The van der Waals surface area contributed by atoms with Gasteiger partial charge in [-0.15, -0.1) is 0 Å². The van der Waals surface area contributed by atoms with Gasteiger partial charge in [0.25, 0.3) is 0 Å². The van der Waals surface area contributed by atoms with E-state index in [0.717, 1.165) is 11.4 Å². The van der Waals surface area contributed by atoms with Crippen molar-refractivity contribution in [2.45, 2.75) is 26.8 Å². The number of imidazole rings is 1. The van der Waals surface area contributed by atoms with Crippen LogP contribution in [0, 0.1) is 25.2 Å². The molecule has 1 atom stereocenters. The van der Waals surface area contributed by atoms with Crippen molar-refractivity contribution in [2.24, 2.45) is 0 Å². The monoisotopic (exact) mass is 268 g/mol. The van der Waals surface area contributed by atoms with Crippen LogP contribution in [0.1, 0.15) is 29.9 Å². The number of carbonyl (C=O) groups excluding carboxylic acids is 1. The van der Waals surface area contributed by atoms with Crippen LogP contribution in [0.2, 0.25) is 0 Å². The summed E-state index contributed by atoms with van der Waals surface area (Å²) in [5, 5.41) is 11.6. The van der Waals surface area contributed by atoms with Crippen molar-refractivity contribution >= 4 is 11.6 Å². The maximum Gasteiger partial charge on any atom is 0.247 e. The van der Waals surface area contributed by atoms with Gasteiger partial charge in [0, 0.05) is 11.4 Å². The average molecular weight is 268 g/mol. The predicted molar refractivity (Wildman–Crippen MR) is 76.2 cm³/mol. The molecule has 1 aromatic heterocycles. The van der Waals surface area contributed by atoms with Crippen molar-refractivity contribution < 1.29 is 4.79 Å². The van der Waals surface area contributed by atoms with Gasteiger partial charge in [-0.25, -0.2) is 4.98 Å². The summed E-state index contributed by atoms with van der Waals surface area (Å²) in [5.41, 5.74) is 3.14. The minimum Gasteiger partial charge on any atom is -0.324 e. The molecule has 20 heavy (non-hydrogen) atoms. The van der Waals surface area contributed by atoms with Crippen molar-refractivity contribution in [3.8, 4) is 6.07 Å². The maximum atomic E-state index is 12.2. The highest BCUT2D eigenvalue weighted by Gasteiger charge is 2.17. The van der Waals surface area contributed by atoms with Crippen LogP contribution in [0.15, 0.2) is 30.6 Å². The summed E-state index contributed by atoms with van der Waals surface area (Å²) in [7, 11) is 0. The Balaban J connectivity index is 2.11. The van der Waals surface area contributed by atoms with Gasteiger partial charge in [-0.05, 0) is 45.0 Å². The molecule has 1 heterocycles. The van der Waals surface area contributed by atoms with Crippen molar-refractivity contribution in [3.63, 3.8) is 0 Å². The third kappa shape index (κ3) is 2.69. The van der Waals surface area contributed by atoms with Crippen molar-refractivity contribution in [2.75, 3.05) is 5.32 Å². The van der Waals surface area contributed by atoms with E-state index < -0.39 is 0 Å². The molecule has 0 saturated carbocycles. The fourth-order valence-corrected chi connectivity index (χ4v) is 1.91. The Bertz CT molecular complexity index is 664. The topological polar surface area (TPSA) is 70.7 Å². The van der Waals surface area contributed by atoms with Gasteiger partial charge in [0.15, 0.2) is 0 Å². The van der Waals surface area contributed by atoms with Gasteiger partial charge in [0.2, 0.25) is 5.91 Å². The molecule has 1 amide bonds. The van der Waals surface area contributed by atoms with Gasteiger partial charge in [-0.3, -0.25) is 4.79 Å². The zero-order valence-electron chi connectivity index (χ0n) is 11.7. The number of carbonyl (C=O) groups is 1. The van der Waals surface area contributed by atoms with E-state index in [1.54, 1.807) is 30.6 Å². The average Bonchev–Trinajstić information content (AvgIpc) is 2.79. The Morgan fingerprint density at radius 1 is 1.35 bits per heavy atom. The largest absolute Gasteiger partial charge is 0.324 e. The lowest BCUT2D eigenvalue weighted by molar-refractivity contribution is -0.118. The van der Waals surface area contributed by atoms with Crippen LogP contribution in [0.3, 0.4) is 0 Å². The Hall–Kier alpha value is -2.61. The first-order valence-electron chi connectivity index (χ1n) is 6.34. The van der Waals surface area contributed by atoms with Gasteiger partial charge in [0.05, 0.1) is 23.7 Å². The highest BCUT2D eigenvalue weighted by molar-refractivity contribution is 5.93. The minimum atomic E-state index is -0.341. The molecule has 1 unspecified atom stereocenters. The molecule has 5 heteroatoms. The van der Waals surface area contributed by atoms with Gasteiger partial charge < -0.3 is 9.88 Å². The molecule has 1 N–H and O–H groups in total. The number of hydrogen-bond acceptors (Lipinski definition) is 3. The van der Waals surface area contributed by atoms with Crippen LogP contribution in [0.4, 0.5) is 5.69 Å². The summed E-state index contributed by atoms with van der Waals surface area (Å²) < 4.78 is 1.84. The van der Waals surface area contributed by atoms with Gasteiger partial charge >= 0.3 is 0 Å². The third-order valence-electron chi connectivity index (χ3n) is 3.36. The highest BCUT2D eigenvalue weighted by Crippen LogP contribution is 2.16. The number of aromatic nitrogens is 2. The molecule has 2 aromatic rings. The van der Waals surface area contributed by atoms with Gasteiger partial charge in [0.1, 0.15) is 6.04 Å². The van der Waals surface area contributed by atoms with E-state index in [-0.39, 0.29) is 11.9 Å². The smallest absolute Gasteiger partial charge is 0.247 e. The fraction of sp³-hybridized carbons (Fsp3) is 0.267. The highest BCUT2D eigenvalue weighted by atomic mass is 16.2. The van der Waals surface area contributed by atoms with Gasteiger partial charge in [-0.2, -0.15) is 5.26 Å². The lowest BCUT2D eigenvalue weighted by Gasteiger charge is -2.15. The number of anilines is 1. The number of aryl methyl sites for hydroxylation is 1. The van der Waals surface area contributed by atoms with Crippen LogP contribution >= 0.6 is 0 Å². The Labute approximate surface area is 117 Å². The lowest BCUT2D eigenvalue weighted by atomic mass is 10.2. The second-order valence-electron chi connectivity index (χ2n) is 4.68. The van der Waals surface area contributed by atoms with E-state index in [2.05, 4.69) is 10.3 Å². The molecule has 0 radical (unpaired) electrons. The van der Waals surface area contributed by atoms with E-state index in [0.29, 0.717) is 11.3 Å². The van der Waals surface area contributed by atoms with Crippen LogP contribution in [-0.2, 0) is 4.79 Å². The van der Waals surface area contributed by atoms with Crippen LogP contribution in [0.25, 0.3) is 0 Å². The molecule has 102 valence electrons. The molecular weight excluding hydrogens is 252 g/mol. The number of amides is 1. The number of hydrogen-bond donors (Lipinski definition) is 1. The van der Waals surface area contributed by atoms with Gasteiger partial charge in [-0.1, -0.05) is 0 Å². The quantitative estimate of drug-likeness (QED) is 0.930. The Morgan fingerprint density at radius 2 is 2.00 bits per heavy atom. The third-order valence-corrected chi connectivity index (χ3v) is 3.36. The standard InChI is InChI=1S/C15H16N4O/c1-10-11(2)19(9-17-10)12(3)15(20)18-14-6-4-13(8-16)5-7-14/h4-7,9,12H,1-3H3,(H,18,20). The number of nitrogens with zero attached hydrogens (tertiary/aromatic N) is 3. The fourth-order valence-electron chi connectivity index (χ4n) is 1.91. The number of benzene rings is 1. The van der Waals surface area contributed by atoms with E-state index in [4.69, 9.17) is 5.26 Å². The molecule has 0 fully saturated rings. The second-order valence-corrected chi connectivity index (χ2v) is 4.68. The number of nitrogens with one attached hydrogen (secondary N) is 1. The zero-order valence-corrected chi connectivity index (χ0v) is 11.7. The Kier molecular flexibility index (Phi) is 3.85. The predicted octanol–water partition coefficient (Wildman–Crippen LogP) is 2.57. The Morgan fingerprint density at radius 3 is 2.50 bits per heavy atom. The summed E-state index contributed by atoms with van der Waals surface area (Å²) in [4.78, 5) is 16.4. The number of rotatable bonds is 3. The molecule has 2 rings (SSSR count). The molecule has 0 spiro atoms. The molecule has 0 aliphatic carbocycles. The normalized spacial score (nSPS) is 11.7. The minimum absolute atomic E-state index is 0.116. The maximum absolute atomic E-state index is 12.2. The van der Waals surface area contributed by atoms with E-state index in [1.165, 1.54) is 0 Å². The molecule has 5 nitrogen and oxygen atoms in total. The second kappa shape index (κ2) is 5.57.